The standard InChI is InChI=1S/C25H21ClN4O5S/c1-3-11-35-24(34)17-9-4-5-10-18(17)30-22(32)19(26)20(23(30)33)28-16-8-6-7-15(12-16)21(31)29-25-27-14(2)13-36-25/h4-10,12-13,28H,3,11H2,1-2H3,(H,27,29,31). The maximum atomic E-state index is 13.2. The van der Waals surface area contributed by atoms with Crippen LogP contribution in [-0.4, -0.2) is 35.3 Å². The van der Waals surface area contributed by atoms with Gasteiger partial charge in [0.1, 0.15) is 10.7 Å². The van der Waals surface area contributed by atoms with Crippen molar-refractivity contribution in [2.24, 2.45) is 0 Å². The van der Waals surface area contributed by atoms with Gasteiger partial charge < -0.3 is 10.1 Å². The number of carbonyl (C=O) groups is 4. The maximum absolute atomic E-state index is 13.2. The lowest BCUT2D eigenvalue weighted by atomic mass is 10.1. The quantitative estimate of drug-likeness (QED) is 0.324. The van der Waals surface area contributed by atoms with E-state index >= 15 is 0 Å². The van der Waals surface area contributed by atoms with E-state index in [1.807, 2.05) is 19.2 Å². The average Bonchev–Trinajstić information content (AvgIpc) is 3.38. The Labute approximate surface area is 215 Å². The number of nitrogens with zero attached hydrogens (tertiary/aromatic N) is 2. The van der Waals surface area contributed by atoms with Gasteiger partial charge in [0.15, 0.2) is 5.13 Å². The summed E-state index contributed by atoms with van der Waals surface area (Å²) < 4.78 is 5.18. The molecule has 0 radical (unpaired) electrons. The fourth-order valence-electron chi connectivity index (χ4n) is 3.41. The predicted molar refractivity (Wildman–Crippen MR) is 137 cm³/mol. The van der Waals surface area contributed by atoms with Crippen LogP contribution >= 0.6 is 22.9 Å². The molecule has 0 saturated heterocycles. The van der Waals surface area contributed by atoms with Crippen LogP contribution in [-0.2, 0) is 14.3 Å². The second kappa shape index (κ2) is 10.7. The van der Waals surface area contributed by atoms with E-state index in [9.17, 15) is 19.2 Å². The highest BCUT2D eigenvalue weighted by Gasteiger charge is 2.40. The SMILES string of the molecule is CCCOC(=O)c1ccccc1N1C(=O)C(Cl)=C(Nc2cccc(C(=O)Nc3nc(C)cs3)c2)C1=O. The van der Waals surface area contributed by atoms with E-state index in [1.54, 1.807) is 30.3 Å². The molecule has 2 N–H and O–H groups in total. The average molecular weight is 525 g/mol. The molecule has 0 atom stereocenters. The number of aromatic nitrogens is 1. The minimum Gasteiger partial charge on any atom is -0.462 e. The van der Waals surface area contributed by atoms with Crippen molar-refractivity contribution in [2.75, 3.05) is 22.1 Å². The van der Waals surface area contributed by atoms with Gasteiger partial charge in [0.2, 0.25) is 0 Å². The minimum absolute atomic E-state index is 0.0643. The Morgan fingerprint density at radius 2 is 1.89 bits per heavy atom. The highest BCUT2D eigenvalue weighted by atomic mass is 35.5. The van der Waals surface area contributed by atoms with Gasteiger partial charge in [-0.1, -0.05) is 36.7 Å². The molecule has 0 aliphatic carbocycles. The Hall–Kier alpha value is -4.02. The Balaban J connectivity index is 1.56. The second-order valence-electron chi connectivity index (χ2n) is 7.74. The van der Waals surface area contributed by atoms with Crippen LogP contribution in [0.4, 0.5) is 16.5 Å². The number of imide groups is 1. The highest BCUT2D eigenvalue weighted by Crippen LogP contribution is 2.32. The molecule has 3 amide bonds. The normalized spacial score (nSPS) is 13.2. The lowest BCUT2D eigenvalue weighted by Crippen LogP contribution is -2.33. The van der Waals surface area contributed by atoms with Crippen LogP contribution in [0.5, 0.6) is 0 Å². The van der Waals surface area contributed by atoms with Gasteiger partial charge in [0.05, 0.1) is 23.6 Å². The van der Waals surface area contributed by atoms with Crippen molar-refractivity contribution in [1.82, 2.24) is 4.98 Å². The number of nitrogens with one attached hydrogen (secondary N) is 2. The monoisotopic (exact) mass is 524 g/mol. The zero-order valence-corrected chi connectivity index (χ0v) is 20.9. The third-order valence-corrected chi connectivity index (χ3v) is 6.29. The molecule has 0 unspecified atom stereocenters. The molecule has 184 valence electrons. The summed E-state index contributed by atoms with van der Waals surface area (Å²) in [4.78, 5) is 56.4. The molecule has 1 aromatic heterocycles. The molecule has 4 rings (SSSR count). The molecule has 2 heterocycles. The van der Waals surface area contributed by atoms with E-state index in [0.29, 0.717) is 22.8 Å². The number of esters is 1. The molecule has 36 heavy (non-hydrogen) atoms. The first-order valence-electron chi connectivity index (χ1n) is 11.0. The van der Waals surface area contributed by atoms with E-state index in [4.69, 9.17) is 16.3 Å². The Kier molecular flexibility index (Phi) is 7.47. The first-order chi connectivity index (χ1) is 17.3. The van der Waals surface area contributed by atoms with Crippen LogP contribution < -0.4 is 15.5 Å². The van der Waals surface area contributed by atoms with Crippen LogP contribution in [0.3, 0.4) is 0 Å². The zero-order chi connectivity index (χ0) is 25.8. The molecule has 9 nitrogen and oxygen atoms in total. The molecule has 1 aliphatic heterocycles. The number of anilines is 3. The Bertz CT molecular complexity index is 1400. The van der Waals surface area contributed by atoms with Gasteiger partial charge in [0.25, 0.3) is 17.7 Å². The van der Waals surface area contributed by atoms with Gasteiger partial charge in [-0.3, -0.25) is 19.7 Å². The zero-order valence-electron chi connectivity index (χ0n) is 19.3. The molecule has 0 spiro atoms. The van der Waals surface area contributed by atoms with Crippen molar-refractivity contribution in [3.63, 3.8) is 0 Å². The van der Waals surface area contributed by atoms with Crippen LogP contribution in [0.25, 0.3) is 0 Å². The van der Waals surface area contributed by atoms with Gasteiger partial charge in [-0.25, -0.2) is 14.7 Å². The summed E-state index contributed by atoms with van der Waals surface area (Å²) >= 11 is 7.55. The summed E-state index contributed by atoms with van der Waals surface area (Å²) in [6.07, 6.45) is 0.623. The fourth-order valence-corrected chi connectivity index (χ4v) is 4.30. The minimum atomic E-state index is -0.784. The van der Waals surface area contributed by atoms with E-state index in [-0.39, 0.29) is 34.5 Å². The number of para-hydroxylation sites is 1. The predicted octanol–water partition coefficient (Wildman–Crippen LogP) is 4.71. The molecule has 11 heteroatoms. The summed E-state index contributed by atoms with van der Waals surface area (Å²) in [6, 6.07) is 12.5. The summed E-state index contributed by atoms with van der Waals surface area (Å²) in [7, 11) is 0. The van der Waals surface area contributed by atoms with Crippen molar-refractivity contribution in [3.8, 4) is 0 Å². The van der Waals surface area contributed by atoms with Crippen molar-refractivity contribution in [1.29, 1.82) is 0 Å². The van der Waals surface area contributed by atoms with Crippen molar-refractivity contribution in [3.05, 3.63) is 81.5 Å². The van der Waals surface area contributed by atoms with E-state index in [0.717, 1.165) is 10.6 Å². The van der Waals surface area contributed by atoms with Crippen LogP contribution in [0.1, 0.15) is 39.8 Å². The van der Waals surface area contributed by atoms with Crippen molar-refractivity contribution in [2.45, 2.75) is 20.3 Å². The third-order valence-electron chi connectivity index (χ3n) is 5.06. The molecule has 1 aliphatic rings. The molecular weight excluding hydrogens is 504 g/mol. The maximum Gasteiger partial charge on any atom is 0.340 e. The van der Waals surface area contributed by atoms with Gasteiger partial charge in [-0.05, 0) is 43.7 Å². The summed E-state index contributed by atoms with van der Waals surface area (Å²) in [5, 5.41) is 7.49. The number of benzene rings is 2. The van der Waals surface area contributed by atoms with E-state index in [1.165, 1.54) is 29.5 Å². The molecule has 0 bridgehead atoms. The number of rotatable bonds is 8. The van der Waals surface area contributed by atoms with Crippen LogP contribution in [0.15, 0.2) is 64.6 Å². The number of thiazole rings is 1. The topological polar surface area (TPSA) is 118 Å². The van der Waals surface area contributed by atoms with Crippen molar-refractivity contribution >= 4 is 63.1 Å². The molecule has 0 fully saturated rings. The number of carbonyl (C=O) groups excluding carboxylic acids is 4. The number of aryl methyl sites for hydroxylation is 1. The third kappa shape index (κ3) is 5.14. The van der Waals surface area contributed by atoms with Crippen LogP contribution in [0, 0.1) is 6.92 Å². The van der Waals surface area contributed by atoms with Gasteiger partial charge >= 0.3 is 5.97 Å². The Morgan fingerprint density at radius 1 is 1.11 bits per heavy atom. The lowest BCUT2D eigenvalue weighted by Gasteiger charge is -2.18. The van der Waals surface area contributed by atoms with E-state index < -0.39 is 17.8 Å². The molecule has 0 saturated carbocycles. The fraction of sp³-hybridized carbons (Fsp3) is 0.160. The van der Waals surface area contributed by atoms with Gasteiger partial charge in [-0.2, -0.15) is 0 Å². The van der Waals surface area contributed by atoms with E-state index in [2.05, 4.69) is 15.6 Å². The Morgan fingerprint density at radius 3 is 2.61 bits per heavy atom. The smallest absolute Gasteiger partial charge is 0.340 e. The highest BCUT2D eigenvalue weighted by molar-refractivity contribution is 7.13. The van der Waals surface area contributed by atoms with Crippen molar-refractivity contribution < 1.29 is 23.9 Å². The first-order valence-corrected chi connectivity index (χ1v) is 12.2. The second-order valence-corrected chi connectivity index (χ2v) is 8.98. The largest absolute Gasteiger partial charge is 0.462 e. The summed E-state index contributed by atoms with van der Waals surface area (Å²) in [5.74, 6) is -2.57. The number of ether oxygens (including phenoxy) is 1. The van der Waals surface area contributed by atoms with Crippen LogP contribution in [0.2, 0.25) is 0 Å². The molecule has 2 aromatic carbocycles. The lowest BCUT2D eigenvalue weighted by molar-refractivity contribution is -0.120. The number of hydrogen-bond donors (Lipinski definition) is 2. The van der Waals surface area contributed by atoms with Gasteiger partial charge in [-0.15, -0.1) is 11.3 Å². The van der Waals surface area contributed by atoms with Gasteiger partial charge in [0, 0.05) is 16.6 Å². The summed E-state index contributed by atoms with van der Waals surface area (Å²) in [6.45, 7) is 3.88. The number of hydrogen-bond acceptors (Lipinski definition) is 8. The number of amides is 3. The first kappa shape index (κ1) is 25.1. The molecular formula is C25H21ClN4O5S. The number of halogens is 1. The summed E-state index contributed by atoms with van der Waals surface area (Å²) in [5.41, 5.74) is 1.42. The molecule has 3 aromatic rings.